The molecular weight excluding hydrogens is 426 g/mol. The van der Waals surface area contributed by atoms with E-state index in [2.05, 4.69) is 20.4 Å². The van der Waals surface area contributed by atoms with E-state index in [0.717, 1.165) is 33.4 Å². The normalized spacial score (nSPS) is 11.0. The zero-order valence-corrected chi connectivity index (χ0v) is 18.9. The number of nitrogen functional groups attached to an aromatic ring is 1. The Balaban J connectivity index is 1.57. The molecule has 34 heavy (non-hydrogen) atoms. The Hall–Kier alpha value is -4.59. The van der Waals surface area contributed by atoms with Gasteiger partial charge in [-0.15, -0.1) is 0 Å². The number of nitrogens with one attached hydrogen (secondary N) is 1. The molecule has 5 rings (SSSR count). The van der Waals surface area contributed by atoms with Crippen LogP contribution in [0.3, 0.4) is 0 Å². The number of hydrogen-bond acceptors (Lipinski definition) is 6. The Morgan fingerprint density at radius 2 is 1.76 bits per heavy atom. The molecule has 0 atom stereocenters. The Morgan fingerprint density at radius 3 is 2.53 bits per heavy atom. The molecule has 0 spiro atoms. The summed E-state index contributed by atoms with van der Waals surface area (Å²) in [4.78, 5) is 26.8. The summed E-state index contributed by atoms with van der Waals surface area (Å²) in [5, 5.41) is 8.20. The van der Waals surface area contributed by atoms with Crippen LogP contribution in [0, 0.1) is 6.92 Å². The number of aryl methyl sites for hydroxylation is 2. The Bertz CT molecular complexity index is 1490. The minimum atomic E-state index is -0.406. The number of carbonyl (C=O) groups is 1. The van der Waals surface area contributed by atoms with Gasteiger partial charge in [0.05, 0.1) is 29.1 Å². The van der Waals surface area contributed by atoms with Crippen molar-refractivity contribution in [2.45, 2.75) is 13.5 Å². The van der Waals surface area contributed by atoms with Crippen molar-refractivity contribution in [3.8, 4) is 22.5 Å². The molecule has 0 unspecified atom stereocenters. The molecular formula is C26H23N7O. The zero-order valence-electron chi connectivity index (χ0n) is 18.9. The standard InChI is InChI=1S/C26H23N7O/c1-16-13-20(32-33(16)2)15-29-26(34)24-25(27)31-22(17-7-4-3-5-8-17)23(30-24)19-10-11-21-18(14-19)9-6-12-28-21/h3-14H,15H2,1-2H3,(H2,27,31)(H,29,34). The van der Waals surface area contributed by atoms with Crippen LogP contribution >= 0.6 is 0 Å². The summed E-state index contributed by atoms with van der Waals surface area (Å²) in [7, 11) is 1.86. The maximum Gasteiger partial charge on any atom is 0.274 e. The number of amides is 1. The number of benzene rings is 2. The second-order valence-electron chi connectivity index (χ2n) is 8.01. The van der Waals surface area contributed by atoms with Crippen LogP contribution in [-0.4, -0.2) is 30.6 Å². The van der Waals surface area contributed by atoms with Crippen molar-refractivity contribution in [1.82, 2.24) is 30.0 Å². The Morgan fingerprint density at radius 1 is 0.971 bits per heavy atom. The Kier molecular flexibility index (Phi) is 5.47. The maximum absolute atomic E-state index is 13.0. The first-order valence-electron chi connectivity index (χ1n) is 10.9. The van der Waals surface area contributed by atoms with Crippen molar-refractivity contribution in [2.75, 3.05) is 5.73 Å². The van der Waals surface area contributed by atoms with E-state index in [1.165, 1.54) is 0 Å². The van der Waals surface area contributed by atoms with Crippen LogP contribution in [0.25, 0.3) is 33.4 Å². The molecule has 0 aliphatic carbocycles. The van der Waals surface area contributed by atoms with Crippen molar-refractivity contribution < 1.29 is 4.79 Å². The van der Waals surface area contributed by atoms with Gasteiger partial charge in [0.15, 0.2) is 11.5 Å². The van der Waals surface area contributed by atoms with Gasteiger partial charge in [-0.3, -0.25) is 14.5 Å². The third kappa shape index (κ3) is 4.09. The van der Waals surface area contributed by atoms with E-state index in [4.69, 9.17) is 10.7 Å². The summed E-state index contributed by atoms with van der Waals surface area (Å²) in [6.07, 6.45) is 1.76. The van der Waals surface area contributed by atoms with Gasteiger partial charge in [0.25, 0.3) is 5.91 Å². The highest BCUT2D eigenvalue weighted by Gasteiger charge is 2.20. The number of nitrogens with two attached hydrogens (primary N) is 1. The van der Waals surface area contributed by atoms with Crippen LogP contribution in [0.5, 0.6) is 0 Å². The first-order chi connectivity index (χ1) is 16.5. The summed E-state index contributed by atoms with van der Waals surface area (Å²) in [5.41, 5.74) is 11.8. The zero-order chi connectivity index (χ0) is 23.7. The lowest BCUT2D eigenvalue weighted by Gasteiger charge is -2.13. The molecule has 0 aliphatic rings. The average Bonchev–Trinajstić information content (AvgIpc) is 3.19. The summed E-state index contributed by atoms with van der Waals surface area (Å²) in [6, 6.07) is 21.3. The fourth-order valence-electron chi connectivity index (χ4n) is 3.81. The molecule has 0 fully saturated rings. The molecule has 8 heteroatoms. The topological polar surface area (TPSA) is 112 Å². The van der Waals surface area contributed by atoms with Gasteiger partial charge in [0.2, 0.25) is 0 Å². The predicted molar refractivity (Wildman–Crippen MR) is 132 cm³/mol. The van der Waals surface area contributed by atoms with E-state index in [9.17, 15) is 4.79 Å². The molecule has 0 bridgehead atoms. The van der Waals surface area contributed by atoms with Gasteiger partial charge in [-0.1, -0.05) is 42.5 Å². The quantitative estimate of drug-likeness (QED) is 0.421. The Labute approximate surface area is 196 Å². The van der Waals surface area contributed by atoms with Crippen molar-refractivity contribution in [1.29, 1.82) is 0 Å². The first kappa shape index (κ1) is 21.3. The van der Waals surface area contributed by atoms with Gasteiger partial charge in [-0.2, -0.15) is 5.10 Å². The van der Waals surface area contributed by atoms with Crippen LogP contribution in [0.15, 0.2) is 72.9 Å². The largest absolute Gasteiger partial charge is 0.382 e. The fraction of sp³-hybridized carbons (Fsp3) is 0.115. The van der Waals surface area contributed by atoms with Crippen LogP contribution in [0.4, 0.5) is 5.82 Å². The second-order valence-corrected chi connectivity index (χ2v) is 8.01. The van der Waals surface area contributed by atoms with Crippen molar-refractivity contribution in [2.24, 2.45) is 7.05 Å². The summed E-state index contributed by atoms with van der Waals surface area (Å²) in [5.74, 6) is -0.337. The molecule has 8 nitrogen and oxygen atoms in total. The number of pyridine rings is 1. The van der Waals surface area contributed by atoms with Gasteiger partial charge < -0.3 is 11.1 Å². The molecule has 3 N–H and O–H groups in total. The van der Waals surface area contributed by atoms with Gasteiger partial charge in [0.1, 0.15) is 0 Å². The monoisotopic (exact) mass is 449 g/mol. The van der Waals surface area contributed by atoms with Gasteiger partial charge in [-0.25, -0.2) is 9.97 Å². The molecule has 0 aliphatic heterocycles. The number of aromatic nitrogens is 5. The number of carbonyl (C=O) groups excluding carboxylic acids is 1. The molecule has 0 saturated carbocycles. The van der Waals surface area contributed by atoms with Gasteiger partial charge in [0, 0.05) is 35.5 Å². The number of nitrogens with zero attached hydrogens (tertiary/aromatic N) is 5. The van der Waals surface area contributed by atoms with Crippen molar-refractivity contribution in [3.05, 3.63) is 90.0 Å². The number of rotatable bonds is 5. The number of anilines is 1. The molecule has 1 amide bonds. The molecule has 0 saturated heterocycles. The third-order valence-electron chi connectivity index (χ3n) is 5.66. The summed E-state index contributed by atoms with van der Waals surface area (Å²) >= 11 is 0. The van der Waals surface area contributed by atoms with Crippen LogP contribution in [0.2, 0.25) is 0 Å². The molecule has 2 aromatic carbocycles. The van der Waals surface area contributed by atoms with E-state index in [1.54, 1.807) is 10.9 Å². The van der Waals surface area contributed by atoms with Gasteiger partial charge >= 0.3 is 0 Å². The molecule has 0 radical (unpaired) electrons. The van der Waals surface area contributed by atoms with E-state index in [1.807, 2.05) is 80.7 Å². The number of hydrogen-bond donors (Lipinski definition) is 2. The van der Waals surface area contributed by atoms with Crippen LogP contribution in [-0.2, 0) is 13.6 Å². The molecule has 3 aromatic heterocycles. The van der Waals surface area contributed by atoms with Crippen molar-refractivity contribution in [3.63, 3.8) is 0 Å². The average molecular weight is 450 g/mol. The lowest BCUT2D eigenvalue weighted by Crippen LogP contribution is -2.26. The lowest BCUT2D eigenvalue weighted by atomic mass is 10.0. The third-order valence-corrected chi connectivity index (χ3v) is 5.66. The minimum Gasteiger partial charge on any atom is -0.382 e. The molecule has 5 aromatic rings. The summed E-state index contributed by atoms with van der Waals surface area (Å²) in [6.45, 7) is 2.22. The van der Waals surface area contributed by atoms with Crippen LogP contribution < -0.4 is 11.1 Å². The fourth-order valence-corrected chi connectivity index (χ4v) is 3.81. The van der Waals surface area contributed by atoms with E-state index >= 15 is 0 Å². The first-order valence-corrected chi connectivity index (χ1v) is 10.9. The minimum absolute atomic E-state index is 0.0692. The smallest absolute Gasteiger partial charge is 0.274 e. The van der Waals surface area contributed by atoms with Crippen LogP contribution in [0.1, 0.15) is 21.9 Å². The van der Waals surface area contributed by atoms with Gasteiger partial charge in [-0.05, 0) is 31.2 Å². The maximum atomic E-state index is 13.0. The highest BCUT2D eigenvalue weighted by atomic mass is 16.1. The SMILES string of the molecule is Cc1cc(CNC(=O)c2nc(-c3ccc4ncccc4c3)c(-c3ccccc3)nc2N)nn1C. The second kappa shape index (κ2) is 8.74. The van der Waals surface area contributed by atoms with Crippen molar-refractivity contribution >= 4 is 22.6 Å². The predicted octanol–water partition coefficient (Wildman–Crippen LogP) is 3.91. The lowest BCUT2D eigenvalue weighted by molar-refractivity contribution is 0.0946. The highest BCUT2D eigenvalue weighted by Crippen LogP contribution is 2.32. The molecule has 3 heterocycles. The summed E-state index contributed by atoms with van der Waals surface area (Å²) < 4.78 is 1.76. The van der Waals surface area contributed by atoms with E-state index in [0.29, 0.717) is 11.4 Å². The number of fused-ring (bicyclic) bond motifs is 1. The van der Waals surface area contributed by atoms with E-state index in [-0.39, 0.29) is 18.1 Å². The molecule has 168 valence electrons. The highest BCUT2D eigenvalue weighted by molar-refractivity contribution is 5.98. The van der Waals surface area contributed by atoms with E-state index < -0.39 is 5.91 Å².